The van der Waals surface area contributed by atoms with Gasteiger partial charge in [0.15, 0.2) is 27.7 Å². The monoisotopic (exact) mass is 428 g/mol. The first-order valence-electron chi connectivity index (χ1n) is 7.89. The summed E-state index contributed by atoms with van der Waals surface area (Å²) in [6.07, 6.45) is 3.46. The van der Waals surface area contributed by atoms with Gasteiger partial charge >= 0.3 is 0 Å². The largest absolute Gasteiger partial charge is 0.294 e. The molecule has 0 radical (unpaired) electrons. The van der Waals surface area contributed by atoms with E-state index in [-0.39, 0.29) is 50.4 Å². The van der Waals surface area contributed by atoms with E-state index in [9.17, 15) is 18.0 Å². The van der Waals surface area contributed by atoms with Crippen LogP contribution in [0.15, 0.2) is 34.0 Å². The van der Waals surface area contributed by atoms with Gasteiger partial charge in [0.25, 0.3) is 0 Å². The number of aromatic nitrogens is 4. The van der Waals surface area contributed by atoms with E-state index in [1.165, 1.54) is 18.5 Å². The summed E-state index contributed by atoms with van der Waals surface area (Å²) in [5.41, 5.74) is 0.0485. The van der Waals surface area contributed by atoms with Crippen LogP contribution in [0.25, 0.3) is 0 Å². The molecule has 0 amide bonds. The third-order valence-corrected chi connectivity index (χ3v) is 6.10. The van der Waals surface area contributed by atoms with E-state index in [2.05, 4.69) is 15.4 Å². The predicted molar refractivity (Wildman–Crippen MR) is 97.5 cm³/mol. The minimum atomic E-state index is -3.64. The summed E-state index contributed by atoms with van der Waals surface area (Å²) in [5.74, 6) is -0.971. The zero-order chi connectivity index (χ0) is 19.8. The number of hydrogen-bond acceptors (Lipinski definition) is 7. The van der Waals surface area contributed by atoms with Crippen molar-refractivity contribution in [2.24, 2.45) is 0 Å². The molecule has 0 saturated heterocycles. The molecule has 0 aliphatic heterocycles. The van der Waals surface area contributed by atoms with Crippen LogP contribution in [-0.2, 0) is 21.2 Å². The molecule has 1 aliphatic rings. The number of halogens is 2. The van der Waals surface area contributed by atoms with Gasteiger partial charge in [-0.15, -0.1) is 10.2 Å². The van der Waals surface area contributed by atoms with Gasteiger partial charge in [-0.2, -0.15) is 4.80 Å². The summed E-state index contributed by atoms with van der Waals surface area (Å²) in [6, 6.07) is 2.57. The van der Waals surface area contributed by atoms with Crippen molar-refractivity contribution < 1.29 is 18.0 Å². The summed E-state index contributed by atoms with van der Waals surface area (Å²) in [5, 5.41) is 11.2. The van der Waals surface area contributed by atoms with Crippen molar-refractivity contribution in [3.8, 4) is 0 Å². The average molecular weight is 429 g/mol. The third kappa shape index (κ3) is 3.95. The molecule has 3 rings (SSSR count). The Balaban J connectivity index is 2.15. The number of rotatable bonds is 5. The first kappa shape index (κ1) is 19.7. The first-order valence-corrected chi connectivity index (χ1v) is 10.5. The highest BCUT2D eigenvalue weighted by molar-refractivity contribution is 7.90. The smallest absolute Gasteiger partial charge is 0.199 e. The second kappa shape index (κ2) is 7.49. The van der Waals surface area contributed by atoms with E-state index in [1.54, 1.807) is 0 Å². The molecule has 0 atom stereocenters. The van der Waals surface area contributed by atoms with E-state index in [1.807, 2.05) is 0 Å². The highest BCUT2D eigenvalue weighted by Gasteiger charge is 2.30. The lowest BCUT2D eigenvalue weighted by Gasteiger charge is -2.17. The van der Waals surface area contributed by atoms with Gasteiger partial charge < -0.3 is 0 Å². The normalized spacial score (nSPS) is 15.3. The molecule has 0 bridgehead atoms. The number of hydrogen-bond donors (Lipinski definition) is 0. The van der Waals surface area contributed by atoms with Crippen LogP contribution >= 0.6 is 23.2 Å². The lowest BCUT2D eigenvalue weighted by molar-refractivity contribution is -0.115. The second-order valence-electron chi connectivity index (χ2n) is 6.03. The number of ketones is 2. The number of benzene rings is 1. The van der Waals surface area contributed by atoms with Gasteiger partial charge in [-0.05, 0) is 30.2 Å². The molecule has 0 saturated carbocycles. The zero-order valence-electron chi connectivity index (χ0n) is 14.1. The van der Waals surface area contributed by atoms with Crippen molar-refractivity contribution in [3.05, 3.63) is 45.2 Å². The van der Waals surface area contributed by atoms with Crippen LogP contribution in [0, 0.1) is 0 Å². The Hall–Kier alpha value is -2.10. The fraction of sp³-hybridized carbons (Fsp3) is 0.312. The highest BCUT2D eigenvalue weighted by Crippen LogP contribution is 2.33. The van der Waals surface area contributed by atoms with Gasteiger partial charge in [0, 0.05) is 28.8 Å². The van der Waals surface area contributed by atoms with Crippen LogP contribution in [0.4, 0.5) is 0 Å². The maximum atomic E-state index is 12.9. The van der Waals surface area contributed by atoms with Crippen molar-refractivity contribution >= 4 is 44.6 Å². The summed E-state index contributed by atoms with van der Waals surface area (Å²) in [7, 11) is -3.64. The van der Waals surface area contributed by atoms with Gasteiger partial charge in [0.05, 0.1) is 22.0 Å². The summed E-state index contributed by atoms with van der Waals surface area (Å²) in [4.78, 5) is 26.2. The van der Waals surface area contributed by atoms with Crippen LogP contribution in [0.3, 0.4) is 0 Å². The van der Waals surface area contributed by atoms with Gasteiger partial charge in [-0.3, -0.25) is 9.59 Å². The van der Waals surface area contributed by atoms with Gasteiger partial charge in [0.1, 0.15) is 0 Å². The molecule has 142 valence electrons. The van der Waals surface area contributed by atoms with Crippen LogP contribution in [0.5, 0.6) is 0 Å². The summed E-state index contributed by atoms with van der Waals surface area (Å²) in [6.45, 7) is -0.108. The van der Waals surface area contributed by atoms with E-state index in [4.69, 9.17) is 23.2 Å². The maximum absolute atomic E-state index is 12.9. The van der Waals surface area contributed by atoms with Gasteiger partial charge in [-0.25, -0.2) is 8.42 Å². The number of sulfone groups is 1. The first-order chi connectivity index (χ1) is 12.7. The standard InChI is InChI=1S/C16H14Cl2N4O4S/c1-27(25,26)13-6-5-9(15(18)10(13)7-22-20-8-19-21-22)16(24)14-11(17)3-2-4-12(14)23/h5-6,8H,2-4,7H2,1H3. The van der Waals surface area contributed by atoms with Crippen molar-refractivity contribution in [3.63, 3.8) is 0 Å². The Morgan fingerprint density at radius 1 is 1.26 bits per heavy atom. The molecule has 0 N–H and O–H groups in total. The lowest BCUT2D eigenvalue weighted by atomic mass is 9.91. The minimum Gasteiger partial charge on any atom is -0.294 e. The molecular weight excluding hydrogens is 415 g/mol. The third-order valence-electron chi connectivity index (χ3n) is 4.11. The molecule has 27 heavy (non-hydrogen) atoms. The lowest BCUT2D eigenvalue weighted by Crippen LogP contribution is -2.19. The highest BCUT2D eigenvalue weighted by atomic mass is 35.5. The fourth-order valence-electron chi connectivity index (χ4n) is 2.87. The van der Waals surface area contributed by atoms with Crippen molar-refractivity contribution in [2.45, 2.75) is 30.7 Å². The molecule has 1 aromatic carbocycles. The number of carbonyl (C=O) groups is 2. The molecule has 11 heteroatoms. The van der Waals surface area contributed by atoms with E-state index in [0.717, 1.165) is 11.1 Å². The Kier molecular flexibility index (Phi) is 5.45. The Bertz CT molecular complexity index is 1060. The summed E-state index contributed by atoms with van der Waals surface area (Å²) >= 11 is 12.5. The summed E-state index contributed by atoms with van der Waals surface area (Å²) < 4.78 is 24.3. The Morgan fingerprint density at radius 3 is 2.59 bits per heavy atom. The Labute approximate surface area is 165 Å². The average Bonchev–Trinajstić information content (AvgIpc) is 3.08. The second-order valence-corrected chi connectivity index (χ2v) is 8.85. The molecule has 2 aromatic rings. The Morgan fingerprint density at radius 2 is 2.00 bits per heavy atom. The number of Topliss-reactive ketones (excluding diaryl/α,β-unsaturated/α-hetero) is 2. The van der Waals surface area contributed by atoms with Crippen molar-refractivity contribution in [1.29, 1.82) is 0 Å². The SMILES string of the molecule is CS(=O)(=O)c1ccc(C(=O)C2=C(Cl)CCCC2=O)c(Cl)c1Cn1ncnn1. The molecular formula is C16H14Cl2N4O4S. The number of carbonyl (C=O) groups excluding carboxylic acids is 2. The van der Waals surface area contributed by atoms with E-state index < -0.39 is 15.6 Å². The van der Waals surface area contributed by atoms with Crippen molar-refractivity contribution in [2.75, 3.05) is 6.26 Å². The van der Waals surface area contributed by atoms with Crippen LogP contribution in [-0.4, -0.2) is 46.4 Å². The predicted octanol–water partition coefficient (Wildman–Crippen LogP) is 2.21. The maximum Gasteiger partial charge on any atom is 0.199 e. The quantitative estimate of drug-likeness (QED) is 0.529. The molecule has 8 nitrogen and oxygen atoms in total. The molecule has 0 fully saturated rings. The fourth-order valence-corrected chi connectivity index (χ4v) is 4.49. The topological polar surface area (TPSA) is 112 Å². The zero-order valence-corrected chi connectivity index (χ0v) is 16.5. The van der Waals surface area contributed by atoms with Crippen LogP contribution in [0.2, 0.25) is 5.02 Å². The molecule has 0 spiro atoms. The van der Waals surface area contributed by atoms with Crippen LogP contribution < -0.4 is 0 Å². The number of tetrazole rings is 1. The van der Waals surface area contributed by atoms with E-state index >= 15 is 0 Å². The van der Waals surface area contributed by atoms with E-state index in [0.29, 0.717) is 12.8 Å². The number of nitrogens with zero attached hydrogens (tertiary/aromatic N) is 4. The molecule has 1 aliphatic carbocycles. The van der Waals surface area contributed by atoms with Gasteiger partial charge in [-0.1, -0.05) is 23.2 Å². The molecule has 0 unspecified atom stereocenters. The minimum absolute atomic E-state index is 0.00239. The van der Waals surface area contributed by atoms with Crippen molar-refractivity contribution in [1.82, 2.24) is 20.2 Å². The number of allylic oxidation sites excluding steroid dienone is 2. The molecule has 1 aromatic heterocycles. The van der Waals surface area contributed by atoms with Gasteiger partial charge in [0.2, 0.25) is 0 Å². The van der Waals surface area contributed by atoms with Crippen LogP contribution in [0.1, 0.15) is 35.2 Å². The molecule has 1 heterocycles.